The molecular formula is C27H30N2O5S2. The largest absolute Gasteiger partial charge is 0.748 e. The molecule has 1 aliphatic heterocycles. The topological polar surface area (TPSA) is 102 Å². The summed E-state index contributed by atoms with van der Waals surface area (Å²) in [6, 6.07) is 18.5. The van der Waals surface area contributed by atoms with Crippen molar-refractivity contribution < 1.29 is 27.4 Å². The molecule has 0 amide bonds. The van der Waals surface area contributed by atoms with Crippen molar-refractivity contribution in [2.75, 3.05) is 17.2 Å². The van der Waals surface area contributed by atoms with Crippen LogP contribution in [-0.4, -0.2) is 36.3 Å². The van der Waals surface area contributed by atoms with E-state index in [9.17, 15) is 17.8 Å². The predicted molar refractivity (Wildman–Crippen MR) is 142 cm³/mol. The number of fused-ring (bicyclic) bond motifs is 2. The second-order valence-corrected chi connectivity index (χ2v) is 11.4. The van der Waals surface area contributed by atoms with Crippen LogP contribution in [0.4, 0.5) is 5.69 Å². The Hall–Kier alpha value is -2.88. The Morgan fingerprint density at radius 3 is 2.58 bits per heavy atom. The van der Waals surface area contributed by atoms with Gasteiger partial charge < -0.3 is 14.6 Å². The van der Waals surface area contributed by atoms with E-state index >= 15 is 0 Å². The molecule has 0 radical (unpaired) electrons. The van der Waals surface area contributed by atoms with Gasteiger partial charge in [0.15, 0.2) is 6.20 Å². The summed E-state index contributed by atoms with van der Waals surface area (Å²) in [5, 5.41) is 11.0. The molecule has 36 heavy (non-hydrogen) atoms. The second-order valence-electron chi connectivity index (χ2n) is 8.86. The van der Waals surface area contributed by atoms with Crippen molar-refractivity contribution in [1.29, 1.82) is 0 Å². The highest BCUT2D eigenvalue weighted by Crippen LogP contribution is 2.46. The summed E-state index contributed by atoms with van der Waals surface area (Å²) >= 11 is 1.69. The lowest BCUT2D eigenvalue weighted by atomic mass is 10.1. The first-order valence-corrected chi connectivity index (χ1v) is 14.5. The third-order valence-electron chi connectivity index (χ3n) is 6.19. The number of carboxylic acids is 1. The summed E-state index contributed by atoms with van der Waals surface area (Å²) in [5.41, 5.74) is 3.31. The van der Waals surface area contributed by atoms with Gasteiger partial charge in [-0.2, -0.15) is 4.57 Å². The SMILES string of the molecule is O=C(O)CCCCC[n+]1ccc(/C=C2\Sc3ccccc3N2CCCCS(=O)(=O)[O-])c2ccccc21. The van der Waals surface area contributed by atoms with Crippen LogP contribution in [0.15, 0.2) is 70.7 Å². The number of thioether (sulfide) groups is 1. The number of aromatic nitrogens is 1. The Morgan fingerprint density at radius 2 is 1.78 bits per heavy atom. The van der Waals surface area contributed by atoms with Crippen molar-refractivity contribution in [3.63, 3.8) is 0 Å². The number of hydrogen-bond donors (Lipinski definition) is 1. The third kappa shape index (κ3) is 6.87. The minimum atomic E-state index is -4.20. The summed E-state index contributed by atoms with van der Waals surface area (Å²) in [7, 11) is -4.20. The minimum absolute atomic E-state index is 0.210. The van der Waals surface area contributed by atoms with Gasteiger partial charge in [-0.05, 0) is 55.5 Å². The molecule has 0 unspecified atom stereocenters. The Bertz CT molecular complexity index is 1370. The fourth-order valence-corrected chi connectivity index (χ4v) is 6.14. The van der Waals surface area contributed by atoms with Crippen LogP contribution < -0.4 is 9.47 Å². The number of pyridine rings is 1. The molecule has 3 aromatic rings. The van der Waals surface area contributed by atoms with E-state index in [1.165, 1.54) is 0 Å². The fourth-order valence-electron chi connectivity index (χ4n) is 4.44. The van der Waals surface area contributed by atoms with Gasteiger partial charge in [0.1, 0.15) is 6.54 Å². The van der Waals surface area contributed by atoms with E-state index in [0.29, 0.717) is 25.8 Å². The normalized spacial score (nSPS) is 14.5. The lowest BCUT2D eigenvalue weighted by Gasteiger charge is -2.21. The molecule has 1 aromatic heterocycles. The summed E-state index contributed by atoms with van der Waals surface area (Å²) in [6.45, 7) is 1.46. The van der Waals surface area contributed by atoms with Gasteiger partial charge in [0.05, 0.1) is 26.2 Å². The average molecular weight is 527 g/mol. The number of unbranched alkanes of at least 4 members (excludes halogenated alkanes) is 3. The zero-order valence-electron chi connectivity index (χ0n) is 20.0. The van der Waals surface area contributed by atoms with Crippen LogP contribution in [-0.2, 0) is 21.5 Å². The quantitative estimate of drug-likeness (QED) is 0.201. The molecule has 7 nitrogen and oxygen atoms in total. The van der Waals surface area contributed by atoms with Crippen LogP contribution in [0, 0.1) is 0 Å². The molecule has 9 heteroatoms. The van der Waals surface area contributed by atoms with Crippen molar-refractivity contribution in [3.05, 3.63) is 71.4 Å². The number of aliphatic carboxylic acids is 1. The van der Waals surface area contributed by atoms with E-state index in [4.69, 9.17) is 5.11 Å². The monoisotopic (exact) mass is 526 g/mol. The molecule has 2 aromatic carbocycles. The maximum absolute atomic E-state index is 11.0. The Balaban J connectivity index is 1.56. The predicted octanol–water partition coefficient (Wildman–Crippen LogP) is 5.01. The molecule has 190 valence electrons. The number of nitrogens with zero attached hydrogens (tertiary/aromatic N) is 2. The molecule has 1 aliphatic rings. The van der Waals surface area contributed by atoms with Crippen LogP contribution in [0.3, 0.4) is 0 Å². The first-order chi connectivity index (χ1) is 17.3. The van der Waals surface area contributed by atoms with E-state index in [1.807, 2.05) is 24.3 Å². The van der Waals surface area contributed by atoms with E-state index < -0.39 is 16.1 Å². The van der Waals surface area contributed by atoms with E-state index in [2.05, 4.69) is 52.1 Å². The molecule has 1 N–H and O–H groups in total. The molecule has 2 heterocycles. The van der Waals surface area contributed by atoms with Gasteiger partial charge >= 0.3 is 5.97 Å². The molecule has 0 bridgehead atoms. The van der Waals surface area contributed by atoms with Gasteiger partial charge in [-0.3, -0.25) is 4.79 Å². The fraction of sp³-hybridized carbons (Fsp3) is 0.333. The zero-order valence-corrected chi connectivity index (χ0v) is 21.6. The molecule has 0 atom stereocenters. The number of rotatable bonds is 12. The van der Waals surface area contributed by atoms with Crippen molar-refractivity contribution >= 4 is 50.5 Å². The number of hydrogen-bond acceptors (Lipinski definition) is 6. The van der Waals surface area contributed by atoms with Gasteiger partial charge in [0, 0.05) is 42.2 Å². The summed E-state index contributed by atoms with van der Waals surface area (Å²) in [5.74, 6) is -1.09. The van der Waals surface area contributed by atoms with Crippen LogP contribution in [0.1, 0.15) is 44.1 Å². The molecule has 0 saturated heterocycles. The van der Waals surface area contributed by atoms with E-state index in [-0.39, 0.29) is 12.2 Å². The smallest absolute Gasteiger partial charge is 0.303 e. The lowest BCUT2D eigenvalue weighted by Crippen LogP contribution is -2.34. The van der Waals surface area contributed by atoms with Gasteiger partial charge in [-0.1, -0.05) is 36.0 Å². The number of carboxylic acid groups (broad SMARTS) is 1. The Kier molecular flexibility index (Phi) is 8.66. The highest BCUT2D eigenvalue weighted by atomic mass is 32.2. The highest BCUT2D eigenvalue weighted by Gasteiger charge is 2.25. The number of benzene rings is 2. The average Bonchev–Trinajstić information content (AvgIpc) is 3.19. The van der Waals surface area contributed by atoms with Crippen molar-refractivity contribution in [1.82, 2.24) is 0 Å². The van der Waals surface area contributed by atoms with Gasteiger partial charge in [-0.15, -0.1) is 0 Å². The Labute approximate surface area is 216 Å². The number of para-hydroxylation sites is 2. The molecule has 0 spiro atoms. The lowest BCUT2D eigenvalue weighted by molar-refractivity contribution is -0.671. The maximum Gasteiger partial charge on any atom is 0.303 e. The summed E-state index contributed by atoms with van der Waals surface area (Å²) in [4.78, 5) is 14.1. The van der Waals surface area contributed by atoms with E-state index in [0.717, 1.165) is 51.5 Å². The van der Waals surface area contributed by atoms with Gasteiger partial charge in [0.2, 0.25) is 5.52 Å². The first kappa shape index (κ1) is 26.2. The van der Waals surface area contributed by atoms with Crippen LogP contribution in [0.25, 0.3) is 17.0 Å². The third-order valence-corrected chi connectivity index (χ3v) is 8.09. The number of anilines is 1. The molecule has 4 rings (SSSR count). The van der Waals surface area contributed by atoms with Crippen LogP contribution >= 0.6 is 11.8 Å². The zero-order chi connectivity index (χ0) is 25.5. The molecule has 0 saturated carbocycles. The van der Waals surface area contributed by atoms with Crippen LogP contribution in [0.2, 0.25) is 0 Å². The minimum Gasteiger partial charge on any atom is -0.748 e. The molecular weight excluding hydrogens is 496 g/mol. The molecule has 0 fully saturated rings. The highest BCUT2D eigenvalue weighted by molar-refractivity contribution is 8.03. The van der Waals surface area contributed by atoms with Crippen molar-refractivity contribution in [3.8, 4) is 0 Å². The maximum atomic E-state index is 11.0. The standard InChI is InChI=1S/C27H30N2O5S2/c30-27(31)14-2-1-7-16-28-18-15-21(22-10-3-4-11-23(22)28)20-26-29(17-8-9-19-36(32,33)34)24-12-5-6-13-25(24)35-26/h3-6,10-13,15,18,20H,1-2,7-9,14,16-17,19H2,(H-,30,31,32,33,34). The van der Waals surface area contributed by atoms with Crippen molar-refractivity contribution in [2.45, 2.75) is 50.0 Å². The van der Waals surface area contributed by atoms with Crippen molar-refractivity contribution in [2.24, 2.45) is 0 Å². The van der Waals surface area contributed by atoms with Gasteiger partial charge in [0.25, 0.3) is 0 Å². The Morgan fingerprint density at radius 1 is 1.00 bits per heavy atom. The first-order valence-electron chi connectivity index (χ1n) is 12.1. The number of aryl methyl sites for hydroxylation is 1. The molecule has 0 aliphatic carbocycles. The summed E-state index contributed by atoms with van der Waals surface area (Å²) < 4.78 is 35.2. The number of carbonyl (C=O) groups is 1. The summed E-state index contributed by atoms with van der Waals surface area (Å²) in [6.07, 6.45) is 7.88. The van der Waals surface area contributed by atoms with Gasteiger partial charge in [-0.25, -0.2) is 8.42 Å². The second kappa shape index (κ2) is 11.9. The van der Waals surface area contributed by atoms with E-state index in [1.54, 1.807) is 11.8 Å². The van der Waals surface area contributed by atoms with Crippen LogP contribution in [0.5, 0.6) is 0 Å².